The van der Waals surface area contributed by atoms with Crippen LogP contribution in [0.3, 0.4) is 0 Å². The lowest BCUT2D eigenvalue weighted by molar-refractivity contribution is 0.112. The van der Waals surface area contributed by atoms with Gasteiger partial charge in [0.25, 0.3) is 0 Å². The Balaban J connectivity index is 1.39. The molecule has 2 aromatic carbocycles. The maximum atomic E-state index is 5.81. The molecule has 0 bridgehead atoms. The molecule has 4 nitrogen and oxygen atoms in total. The van der Waals surface area contributed by atoms with Crippen molar-refractivity contribution in [2.24, 2.45) is 0 Å². The summed E-state index contributed by atoms with van der Waals surface area (Å²) in [5, 5.41) is 0.233. The standard InChI is InChI=1S/C21H28N2O2S/c1-24-21-10-6-5-9-20(21)23-13-11-22(12-14-23)15-19(26)17-25-16-18-7-3-2-4-8-18/h2-10,19,26H,11-17H2,1H3/t19-/m0/s1. The molecule has 1 fully saturated rings. The SMILES string of the molecule is COc1ccccc1N1CCN(C[C@H](S)COCc2ccccc2)CC1. The molecule has 0 amide bonds. The van der Waals surface area contributed by atoms with Gasteiger partial charge in [-0.2, -0.15) is 12.6 Å². The molecule has 0 N–H and O–H groups in total. The van der Waals surface area contributed by atoms with Crippen molar-refractivity contribution < 1.29 is 9.47 Å². The summed E-state index contributed by atoms with van der Waals surface area (Å²) in [5.41, 5.74) is 2.39. The maximum Gasteiger partial charge on any atom is 0.142 e. The average Bonchev–Trinajstić information content (AvgIpc) is 2.69. The van der Waals surface area contributed by atoms with E-state index in [0.29, 0.717) is 13.2 Å². The van der Waals surface area contributed by atoms with E-state index in [1.807, 2.05) is 30.3 Å². The number of rotatable bonds is 8. The molecule has 0 saturated carbocycles. The summed E-state index contributed by atoms with van der Waals surface area (Å²) in [7, 11) is 1.73. The van der Waals surface area contributed by atoms with Gasteiger partial charge >= 0.3 is 0 Å². The second kappa shape index (κ2) is 9.86. The van der Waals surface area contributed by atoms with Gasteiger partial charge in [-0.25, -0.2) is 0 Å². The van der Waals surface area contributed by atoms with E-state index in [1.54, 1.807) is 7.11 Å². The Labute approximate surface area is 162 Å². The van der Waals surface area contributed by atoms with Crippen molar-refractivity contribution >= 4 is 18.3 Å². The van der Waals surface area contributed by atoms with Crippen molar-refractivity contribution in [2.45, 2.75) is 11.9 Å². The van der Waals surface area contributed by atoms with Gasteiger partial charge in [-0.15, -0.1) is 0 Å². The van der Waals surface area contributed by atoms with E-state index in [9.17, 15) is 0 Å². The Kier molecular flexibility index (Phi) is 7.23. The molecular weight excluding hydrogens is 344 g/mol. The van der Waals surface area contributed by atoms with Gasteiger partial charge in [0.05, 0.1) is 26.0 Å². The number of para-hydroxylation sites is 2. The minimum absolute atomic E-state index is 0.233. The smallest absolute Gasteiger partial charge is 0.142 e. The fourth-order valence-corrected chi connectivity index (χ4v) is 3.64. The average molecular weight is 373 g/mol. The van der Waals surface area contributed by atoms with Crippen LogP contribution in [0, 0.1) is 0 Å². The molecule has 2 aromatic rings. The Morgan fingerprint density at radius 2 is 1.65 bits per heavy atom. The predicted octanol–water partition coefficient (Wildman–Crippen LogP) is 3.33. The van der Waals surface area contributed by atoms with Crippen LogP contribution in [-0.4, -0.2) is 56.6 Å². The van der Waals surface area contributed by atoms with Crippen LogP contribution in [0.4, 0.5) is 5.69 Å². The van der Waals surface area contributed by atoms with Crippen LogP contribution >= 0.6 is 12.6 Å². The molecule has 3 rings (SSSR count). The highest BCUT2D eigenvalue weighted by molar-refractivity contribution is 7.81. The number of ether oxygens (including phenoxy) is 2. The van der Waals surface area contributed by atoms with Gasteiger partial charge in [-0.3, -0.25) is 4.90 Å². The molecule has 0 aromatic heterocycles. The van der Waals surface area contributed by atoms with Gasteiger partial charge in [-0.05, 0) is 17.7 Å². The molecule has 1 heterocycles. The Morgan fingerprint density at radius 3 is 2.38 bits per heavy atom. The summed E-state index contributed by atoms with van der Waals surface area (Å²) in [4.78, 5) is 4.87. The predicted molar refractivity (Wildman–Crippen MR) is 111 cm³/mol. The van der Waals surface area contributed by atoms with Crippen LogP contribution in [0.15, 0.2) is 54.6 Å². The lowest BCUT2D eigenvalue weighted by atomic mass is 10.2. The third-order valence-electron chi connectivity index (χ3n) is 4.69. The molecule has 0 radical (unpaired) electrons. The zero-order chi connectivity index (χ0) is 18.2. The molecule has 26 heavy (non-hydrogen) atoms. The van der Waals surface area contributed by atoms with E-state index in [2.05, 4.69) is 34.1 Å². The van der Waals surface area contributed by atoms with E-state index in [-0.39, 0.29) is 5.25 Å². The molecule has 140 valence electrons. The van der Waals surface area contributed by atoms with Gasteiger partial charge < -0.3 is 14.4 Å². The number of piperazine rings is 1. The molecule has 1 saturated heterocycles. The summed E-state index contributed by atoms with van der Waals surface area (Å²) in [5.74, 6) is 0.947. The first-order valence-electron chi connectivity index (χ1n) is 9.16. The number of hydrogen-bond donors (Lipinski definition) is 1. The highest BCUT2D eigenvalue weighted by Crippen LogP contribution is 2.28. The first-order valence-corrected chi connectivity index (χ1v) is 9.68. The van der Waals surface area contributed by atoms with Crippen LogP contribution in [-0.2, 0) is 11.3 Å². The number of anilines is 1. The minimum Gasteiger partial charge on any atom is -0.495 e. The molecule has 1 aliphatic rings. The number of hydrogen-bond acceptors (Lipinski definition) is 5. The zero-order valence-corrected chi connectivity index (χ0v) is 16.3. The molecule has 1 aliphatic heterocycles. The van der Waals surface area contributed by atoms with Gasteiger partial charge in [0.1, 0.15) is 5.75 Å². The summed E-state index contributed by atoms with van der Waals surface area (Å²) in [6.07, 6.45) is 0. The lowest BCUT2D eigenvalue weighted by Crippen LogP contribution is -2.48. The van der Waals surface area contributed by atoms with E-state index >= 15 is 0 Å². The number of benzene rings is 2. The van der Waals surface area contributed by atoms with Gasteiger partial charge in [0.15, 0.2) is 0 Å². The first-order chi connectivity index (χ1) is 12.8. The van der Waals surface area contributed by atoms with Crippen molar-refractivity contribution in [2.75, 3.05) is 51.3 Å². The Bertz CT molecular complexity index is 660. The molecule has 0 spiro atoms. The zero-order valence-electron chi connectivity index (χ0n) is 15.4. The third kappa shape index (κ3) is 5.40. The van der Waals surface area contributed by atoms with Crippen molar-refractivity contribution in [3.8, 4) is 5.75 Å². The Morgan fingerprint density at radius 1 is 0.962 bits per heavy atom. The lowest BCUT2D eigenvalue weighted by Gasteiger charge is -2.37. The van der Waals surface area contributed by atoms with Crippen LogP contribution in [0.1, 0.15) is 5.56 Å². The van der Waals surface area contributed by atoms with E-state index < -0.39 is 0 Å². The summed E-state index contributed by atoms with van der Waals surface area (Å²) < 4.78 is 11.3. The molecule has 0 aliphatic carbocycles. The summed E-state index contributed by atoms with van der Waals surface area (Å²) >= 11 is 4.71. The fraction of sp³-hybridized carbons (Fsp3) is 0.429. The largest absolute Gasteiger partial charge is 0.495 e. The van der Waals surface area contributed by atoms with Gasteiger partial charge in [0, 0.05) is 38.0 Å². The normalized spacial score (nSPS) is 16.5. The molecule has 1 atom stereocenters. The second-order valence-electron chi connectivity index (χ2n) is 6.61. The topological polar surface area (TPSA) is 24.9 Å². The minimum atomic E-state index is 0.233. The van der Waals surface area contributed by atoms with Crippen molar-refractivity contribution in [1.29, 1.82) is 0 Å². The van der Waals surface area contributed by atoms with E-state index in [4.69, 9.17) is 22.1 Å². The highest BCUT2D eigenvalue weighted by atomic mass is 32.1. The monoisotopic (exact) mass is 372 g/mol. The molecular formula is C21H28N2O2S. The second-order valence-corrected chi connectivity index (χ2v) is 7.34. The summed E-state index contributed by atoms with van der Waals surface area (Å²) in [6.45, 7) is 6.36. The maximum absolute atomic E-state index is 5.81. The van der Waals surface area contributed by atoms with Crippen LogP contribution in [0.2, 0.25) is 0 Å². The number of methoxy groups -OCH3 is 1. The number of thiol groups is 1. The number of nitrogens with zero attached hydrogens (tertiary/aromatic N) is 2. The fourth-order valence-electron chi connectivity index (χ4n) is 3.30. The van der Waals surface area contributed by atoms with Crippen molar-refractivity contribution in [3.63, 3.8) is 0 Å². The highest BCUT2D eigenvalue weighted by Gasteiger charge is 2.20. The van der Waals surface area contributed by atoms with Crippen molar-refractivity contribution in [3.05, 3.63) is 60.2 Å². The van der Waals surface area contributed by atoms with E-state index in [0.717, 1.165) is 38.5 Å². The molecule has 0 unspecified atom stereocenters. The van der Waals surface area contributed by atoms with Crippen molar-refractivity contribution in [1.82, 2.24) is 4.90 Å². The molecule has 5 heteroatoms. The van der Waals surface area contributed by atoms with Gasteiger partial charge in [-0.1, -0.05) is 42.5 Å². The van der Waals surface area contributed by atoms with Gasteiger partial charge in [0.2, 0.25) is 0 Å². The van der Waals surface area contributed by atoms with Crippen LogP contribution < -0.4 is 9.64 Å². The third-order valence-corrected chi connectivity index (χ3v) is 5.00. The van der Waals surface area contributed by atoms with Crippen LogP contribution in [0.25, 0.3) is 0 Å². The first kappa shape index (κ1) is 19.1. The quantitative estimate of drug-likeness (QED) is 0.719. The van der Waals surface area contributed by atoms with Crippen LogP contribution in [0.5, 0.6) is 5.75 Å². The van der Waals surface area contributed by atoms with E-state index in [1.165, 1.54) is 11.3 Å². The Hall–Kier alpha value is -1.69. The summed E-state index contributed by atoms with van der Waals surface area (Å²) in [6, 6.07) is 18.5.